The molecule has 0 saturated heterocycles. The summed E-state index contributed by atoms with van der Waals surface area (Å²) in [5.41, 5.74) is 7.45. The van der Waals surface area contributed by atoms with Crippen molar-refractivity contribution in [2.75, 3.05) is 6.54 Å². The fourth-order valence-corrected chi connectivity index (χ4v) is 2.37. The second-order valence-electron chi connectivity index (χ2n) is 5.72. The number of aryl methyl sites for hydroxylation is 1. The molecule has 0 aliphatic heterocycles. The summed E-state index contributed by atoms with van der Waals surface area (Å²) in [4.78, 5) is 12.0. The van der Waals surface area contributed by atoms with Crippen LogP contribution in [0.4, 0.5) is 4.39 Å². The molecule has 0 bridgehead atoms. The van der Waals surface area contributed by atoms with Crippen molar-refractivity contribution in [1.82, 2.24) is 0 Å². The summed E-state index contributed by atoms with van der Waals surface area (Å²) in [5, 5.41) is 0. The van der Waals surface area contributed by atoms with Gasteiger partial charge in [0.25, 0.3) is 0 Å². The lowest BCUT2D eigenvalue weighted by atomic mass is 9.90. The van der Waals surface area contributed by atoms with E-state index in [-0.39, 0.29) is 17.5 Å². The van der Waals surface area contributed by atoms with Gasteiger partial charge >= 0.3 is 0 Å². The van der Waals surface area contributed by atoms with Gasteiger partial charge in [-0.3, -0.25) is 4.79 Å². The monoisotopic (exact) mass is 265 g/mol. The highest BCUT2D eigenvalue weighted by atomic mass is 19.1. The van der Waals surface area contributed by atoms with Crippen molar-refractivity contribution in [1.29, 1.82) is 0 Å². The fourth-order valence-electron chi connectivity index (χ4n) is 2.37. The number of hydrogen-bond acceptors (Lipinski definition) is 2. The van der Waals surface area contributed by atoms with Crippen LogP contribution in [-0.2, 0) is 11.2 Å². The van der Waals surface area contributed by atoms with E-state index in [0.29, 0.717) is 25.3 Å². The highest BCUT2D eigenvalue weighted by molar-refractivity contribution is 5.81. The quantitative estimate of drug-likeness (QED) is 0.822. The van der Waals surface area contributed by atoms with Crippen molar-refractivity contribution in [3.05, 3.63) is 35.1 Å². The summed E-state index contributed by atoms with van der Waals surface area (Å²) in [6.45, 7) is 6.69. The average molecular weight is 265 g/mol. The van der Waals surface area contributed by atoms with E-state index >= 15 is 0 Å². The Kier molecular flexibility index (Phi) is 6.16. The fraction of sp³-hybridized carbons (Fsp3) is 0.562. The molecule has 0 aliphatic carbocycles. The summed E-state index contributed by atoms with van der Waals surface area (Å²) in [6.07, 6.45) is 1.76. The molecule has 0 aliphatic rings. The molecule has 0 spiro atoms. The predicted molar refractivity (Wildman–Crippen MR) is 76.5 cm³/mol. The maximum atomic E-state index is 13.2. The van der Waals surface area contributed by atoms with E-state index in [0.717, 1.165) is 17.5 Å². The van der Waals surface area contributed by atoms with E-state index in [4.69, 9.17) is 5.73 Å². The Morgan fingerprint density at radius 2 is 2.05 bits per heavy atom. The lowest BCUT2D eigenvalue weighted by Gasteiger charge is -2.16. The van der Waals surface area contributed by atoms with Crippen LogP contribution in [-0.4, -0.2) is 12.3 Å². The molecule has 3 heteroatoms. The molecule has 0 heterocycles. The van der Waals surface area contributed by atoms with Crippen molar-refractivity contribution in [3.63, 3.8) is 0 Å². The van der Waals surface area contributed by atoms with Crippen LogP contribution in [0.15, 0.2) is 18.2 Å². The van der Waals surface area contributed by atoms with Crippen LogP contribution in [0.3, 0.4) is 0 Å². The Hall–Kier alpha value is -1.22. The van der Waals surface area contributed by atoms with Crippen LogP contribution in [0.5, 0.6) is 0 Å². The number of carbonyl (C=O) groups is 1. The highest BCUT2D eigenvalue weighted by Crippen LogP contribution is 2.17. The Balaban J connectivity index is 2.61. The number of hydrogen-bond donors (Lipinski definition) is 1. The maximum Gasteiger partial charge on any atom is 0.137 e. The molecular weight excluding hydrogens is 241 g/mol. The van der Waals surface area contributed by atoms with Gasteiger partial charge in [-0.25, -0.2) is 4.39 Å². The second-order valence-corrected chi connectivity index (χ2v) is 5.72. The third kappa shape index (κ3) is 5.52. The minimum Gasteiger partial charge on any atom is -0.330 e. The summed E-state index contributed by atoms with van der Waals surface area (Å²) in [6, 6.07) is 4.59. The van der Waals surface area contributed by atoms with Gasteiger partial charge in [0.05, 0.1) is 0 Å². The van der Waals surface area contributed by atoms with Gasteiger partial charge in [-0.05, 0) is 55.0 Å². The molecule has 2 N–H and O–H groups in total. The van der Waals surface area contributed by atoms with Crippen LogP contribution < -0.4 is 5.73 Å². The topological polar surface area (TPSA) is 43.1 Å². The minimum atomic E-state index is -0.286. The van der Waals surface area contributed by atoms with E-state index in [9.17, 15) is 9.18 Å². The number of halogens is 1. The first-order valence-electron chi connectivity index (χ1n) is 6.89. The number of nitrogens with two attached hydrogens (primary N) is 1. The smallest absolute Gasteiger partial charge is 0.137 e. The first kappa shape index (κ1) is 15.8. The summed E-state index contributed by atoms with van der Waals surface area (Å²) in [5.74, 6) is 0.634. The van der Waals surface area contributed by atoms with Crippen LogP contribution >= 0.6 is 0 Å². The molecule has 1 aromatic rings. The summed E-state index contributed by atoms with van der Waals surface area (Å²) >= 11 is 0. The SMILES string of the molecule is Cc1ccc(F)cc1CC(=O)CC(CN)CC(C)C. The molecular formula is C16H24FNO. The molecule has 0 aromatic heterocycles. The third-order valence-corrected chi connectivity index (χ3v) is 3.35. The largest absolute Gasteiger partial charge is 0.330 e. The Morgan fingerprint density at radius 1 is 1.37 bits per heavy atom. The number of ketones is 1. The van der Waals surface area contributed by atoms with E-state index in [1.807, 2.05) is 6.92 Å². The van der Waals surface area contributed by atoms with Crippen molar-refractivity contribution in [2.45, 2.75) is 40.0 Å². The zero-order chi connectivity index (χ0) is 14.4. The molecule has 1 rings (SSSR count). The molecule has 0 amide bonds. The van der Waals surface area contributed by atoms with Crippen LogP contribution in [0.1, 0.15) is 37.8 Å². The molecule has 0 saturated carbocycles. The van der Waals surface area contributed by atoms with E-state index < -0.39 is 0 Å². The van der Waals surface area contributed by atoms with E-state index in [1.54, 1.807) is 6.07 Å². The van der Waals surface area contributed by atoms with Crippen molar-refractivity contribution in [2.24, 2.45) is 17.6 Å². The van der Waals surface area contributed by atoms with Gasteiger partial charge in [0.15, 0.2) is 0 Å². The number of rotatable bonds is 7. The predicted octanol–water partition coefficient (Wildman–Crippen LogP) is 3.26. The Labute approximate surface area is 115 Å². The lowest BCUT2D eigenvalue weighted by Crippen LogP contribution is -2.21. The first-order chi connectivity index (χ1) is 8.92. The molecule has 1 unspecified atom stereocenters. The number of carbonyl (C=O) groups excluding carboxylic acids is 1. The zero-order valence-electron chi connectivity index (χ0n) is 12.1. The Morgan fingerprint density at radius 3 is 2.63 bits per heavy atom. The van der Waals surface area contributed by atoms with Gasteiger partial charge in [-0.2, -0.15) is 0 Å². The van der Waals surface area contributed by atoms with Crippen LogP contribution in [0.25, 0.3) is 0 Å². The van der Waals surface area contributed by atoms with Gasteiger partial charge in [0, 0.05) is 12.8 Å². The van der Waals surface area contributed by atoms with Crippen molar-refractivity contribution in [3.8, 4) is 0 Å². The molecule has 19 heavy (non-hydrogen) atoms. The number of Topliss-reactive ketones (excluding diaryl/α,β-unsaturated/α-hetero) is 1. The zero-order valence-corrected chi connectivity index (χ0v) is 12.1. The molecule has 106 valence electrons. The third-order valence-electron chi connectivity index (χ3n) is 3.35. The van der Waals surface area contributed by atoms with Gasteiger partial charge in [0.1, 0.15) is 11.6 Å². The second kappa shape index (κ2) is 7.39. The van der Waals surface area contributed by atoms with E-state index in [2.05, 4.69) is 13.8 Å². The number of benzene rings is 1. The van der Waals surface area contributed by atoms with Gasteiger partial charge in [-0.15, -0.1) is 0 Å². The molecule has 1 aromatic carbocycles. The summed E-state index contributed by atoms with van der Waals surface area (Å²) < 4.78 is 13.2. The molecule has 0 radical (unpaired) electrons. The lowest BCUT2D eigenvalue weighted by molar-refractivity contribution is -0.119. The molecule has 0 fully saturated rings. The van der Waals surface area contributed by atoms with Crippen molar-refractivity contribution < 1.29 is 9.18 Å². The van der Waals surface area contributed by atoms with E-state index in [1.165, 1.54) is 12.1 Å². The standard InChI is InChI=1S/C16H24FNO/c1-11(2)6-13(10-18)7-16(19)9-14-8-15(17)5-4-12(14)3/h4-5,8,11,13H,6-7,9-10,18H2,1-3H3. The van der Waals surface area contributed by atoms with Crippen molar-refractivity contribution >= 4 is 5.78 Å². The minimum absolute atomic E-state index is 0.143. The van der Waals surface area contributed by atoms with Gasteiger partial charge in [0.2, 0.25) is 0 Å². The summed E-state index contributed by atoms with van der Waals surface area (Å²) in [7, 11) is 0. The normalized spacial score (nSPS) is 12.7. The Bertz CT molecular complexity index is 429. The first-order valence-corrected chi connectivity index (χ1v) is 6.89. The van der Waals surface area contributed by atoms with Crippen LogP contribution in [0, 0.1) is 24.6 Å². The molecule has 2 nitrogen and oxygen atoms in total. The van der Waals surface area contributed by atoms with Gasteiger partial charge in [-0.1, -0.05) is 19.9 Å². The highest BCUT2D eigenvalue weighted by Gasteiger charge is 2.15. The van der Waals surface area contributed by atoms with Gasteiger partial charge < -0.3 is 5.73 Å². The average Bonchev–Trinajstić information content (AvgIpc) is 2.32. The van der Waals surface area contributed by atoms with Crippen LogP contribution in [0.2, 0.25) is 0 Å². The molecule has 1 atom stereocenters. The maximum absolute atomic E-state index is 13.2.